The van der Waals surface area contributed by atoms with Crippen molar-refractivity contribution in [1.82, 2.24) is 9.97 Å². The normalized spacial score (nSPS) is 22.8. The summed E-state index contributed by atoms with van der Waals surface area (Å²) in [6, 6.07) is 6.16. The number of pyridine rings is 2. The molecule has 3 rings (SSSR count). The Kier molecular flexibility index (Phi) is 3.25. The van der Waals surface area contributed by atoms with Crippen LogP contribution < -0.4 is 10.6 Å². The third-order valence-corrected chi connectivity index (χ3v) is 3.76. The maximum absolute atomic E-state index is 9.13. The van der Waals surface area contributed by atoms with Crippen molar-refractivity contribution in [3.63, 3.8) is 0 Å². The molecule has 0 amide bonds. The summed E-state index contributed by atoms with van der Waals surface area (Å²) in [5, 5.41) is 10.1. The van der Waals surface area contributed by atoms with E-state index in [1.807, 2.05) is 12.1 Å². The molecule has 0 radical (unpaired) electrons. The molecule has 0 spiro atoms. The minimum absolute atomic E-state index is 0.182. The Morgan fingerprint density at radius 3 is 3.00 bits per heavy atom. The SMILES string of the molecule is C[C@H]1C[C@@H](N)CN(c2cnc(C#N)c3ncccc23)C1. The molecule has 1 saturated heterocycles. The van der Waals surface area contributed by atoms with Gasteiger partial charge in [0.2, 0.25) is 0 Å². The number of hydrogen-bond acceptors (Lipinski definition) is 5. The van der Waals surface area contributed by atoms with Crippen molar-refractivity contribution in [3.05, 3.63) is 30.2 Å². The summed E-state index contributed by atoms with van der Waals surface area (Å²) in [6.07, 6.45) is 4.52. The Morgan fingerprint density at radius 1 is 1.40 bits per heavy atom. The highest BCUT2D eigenvalue weighted by Crippen LogP contribution is 2.29. The molecule has 102 valence electrons. The van der Waals surface area contributed by atoms with E-state index in [1.54, 1.807) is 12.4 Å². The van der Waals surface area contributed by atoms with Gasteiger partial charge in [0.1, 0.15) is 11.6 Å². The first-order valence-electron chi connectivity index (χ1n) is 6.83. The quantitative estimate of drug-likeness (QED) is 0.850. The van der Waals surface area contributed by atoms with Gasteiger partial charge in [-0.25, -0.2) is 4.98 Å². The summed E-state index contributed by atoms with van der Waals surface area (Å²) in [5.74, 6) is 0.557. The van der Waals surface area contributed by atoms with Crippen LogP contribution in [-0.4, -0.2) is 29.1 Å². The molecule has 2 N–H and O–H groups in total. The Hall–Kier alpha value is -2.19. The lowest BCUT2D eigenvalue weighted by atomic mass is 9.96. The lowest BCUT2D eigenvalue weighted by Crippen LogP contribution is -2.46. The van der Waals surface area contributed by atoms with Crippen molar-refractivity contribution in [2.45, 2.75) is 19.4 Å². The van der Waals surface area contributed by atoms with E-state index in [0.29, 0.717) is 17.1 Å². The molecule has 1 fully saturated rings. The molecular weight excluding hydrogens is 250 g/mol. The number of nitrogens with zero attached hydrogens (tertiary/aromatic N) is 4. The molecule has 0 bridgehead atoms. The molecule has 1 aliphatic heterocycles. The molecule has 2 aromatic rings. The summed E-state index contributed by atoms with van der Waals surface area (Å²) in [6.45, 7) is 4.00. The van der Waals surface area contributed by atoms with Crippen LogP contribution in [0, 0.1) is 17.2 Å². The van der Waals surface area contributed by atoms with E-state index in [4.69, 9.17) is 11.0 Å². The monoisotopic (exact) mass is 267 g/mol. The third-order valence-electron chi connectivity index (χ3n) is 3.76. The summed E-state index contributed by atoms with van der Waals surface area (Å²) < 4.78 is 0. The van der Waals surface area contributed by atoms with Crippen LogP contribution in [-0.2, 0) is 0 Å². The first-order chi connectivity index (χ1) is 9.69. The van der Waals surface area contributed by atoms with Crippen LogP contribution in [0.2, 0.25) is 0 Å². The molecule has 20 heavy (non-hydrogen) atoms. The van der Waals surface area contributed by atoms with Crippen molar-refractivity contribution < 1.29 is 0 Å². The van der Waals surface area contributed by atoms with E-state index < -0.39 is 0 Å². The molecule has 0 aliphatic carbocycles. The molecule has 1 aliphatic rings. The summed E-state index contributed by atoms with van der Waals surface area (Å²) >= 11 is 0. The van der Waals surface area contributed by atoms with Crippen molar-refractivity contribution in [3.8, 4) is 6.07 Å². The molecule has 2 atom stereocenters. The summed E-state index contributed by atoms with van der Waals surface area (Å²) in [7, 11) is 0. The van der Waals surface area contributed by atoms with Gasteiger partial charge in [-0.1, -0.05) is 6.92 Å². The number of hydrogen-bond donors (Lipinski definition) is 1. The number of aromatic nitrogens is 2. The van der Waals surface area contributed by atoms with E-state index in [1.165, 1.54) is 0 Å². The van der Waals surface area contributed by atoms with Gasteiger partial charge < -0.3 is 10.6 Å². The standard InChI is InChI=1S/C15H17N5/c1-10-5-11(17)9-20(8-10)14-7-19-13(6-16)15-12(14)3-2-4-18-15/h2-4,7,10-11H,5,8-9,17H2,1H3/t10-,11+/m0/s1. The first kappa shape index (κ1) is 12.8. The molecule has 0 aromatic carbocycles. The van der Waals surface area contributed by atoms with Gasteiger partial charge in [-0.3, -0.25) is 4.98 Å². The van der Waals surface area contributed by atoms with Gasteiger partial charge in [-0.15, -0.1) is 0 Å². The molecule has 0 saturated carbocycles. The lowest BCUT2D eigenvalue weighted by Gasteiger charge is -2.36. The molecular formula is C15H17N5. The fraction of sp³-hybridized carbons (Fsp3) is 0.400. The van der Waals surface area contributed by atoms with Crippen LogP contribution in [0.4, 0.5) is 5.69 Å². The Balaban J connectivity index is 2.11. The predicted molar refractivity (Wildman–Crippen MR) is 78.2 cm³/mol. The summed E-state index contributed by atoms with van der Waals surface area (Å²) in [4.78, 5) is 10.8. The number of rotatable bonds is 1. The van der Waals surface area contributed by atoms with Gasteiger partial charge in [-0.2, -0.15) is 5.26 Å². The van der Waals surface area contributed by atoms with Crippen LogP contribution in [0.25, 0.3) is 10.9 Å². The van der Waals surface area contributed by atoms with Gasteiger partial charge in [0.05, 0.1) is 11.9 Å². The van der Waals surface area contributed by atoms with E-state index in [-0.39, 0.29) is 6.04 Å². The van der Waals surface area contributed by atoms with Gasteiger partial charge in [0.15, 0.2) is 5.69 Å². The molecule has 0 unspecified atom stereocenters. The highest BCUT2D eigenvalue weighted by molar-refractivity contribution is 5.93. The molecule has 2 aromatic heterocycles. The van der Waals surface area contributed by atoms with Crippen LogP contribution in [0.15, 0.2) is 24.5 Å². The van der Waals surface area contributed by atoms with Gasteiger partial charge >= 0.3 is 0 Å². The van der Waals surface area contributed by atoms with Gasteiger partial charge in [-0.05, 0) is 24.5 Å². The minimum Gasteiger partial charge on any atom is -0.368 e. The fourth-order valence-electron chi connectivity index (χ4n) is 2.99. The smallest absolute Gasteiger partial charge is 0.166 e. The van der Waals surface area contributed by atoms with E-state index in [9.17, 15) is 0 Å². The van der Waals surface area contributed by atoms with Gasteiger partial charge in [0.25, 0.3) is 0 Å². The number of nitriles is 1. The summed E-state index contributed by atoms with van der Waals surface area (Å²) in [5.41, 5.74) is 8.19. The van der Waals surface area contributed by atoms with Crippen molar-refractivity contribution in [1.29, 1.82) is 5.26 Å². The van der Waals surface area contributed by atoms with Crippen molar-refractivity contribution in [2.24, 2.45) is 11.7 Å². The van der Waals surface area contributed by atoms with E-state index in [2.05, 4.69) is 27.9 Å². The minimum atomic E-state index is 0.182. The average Bonchev–Trinajstić information content (AvgIpc) is 2.45. The van der Waals surface area contributed by atoms with Crippen LogP contribution >= 0.6 is 0 Å². The van der Waals surface area contributed by atoms with Gasteiger partial charge in [0, 0.05) is 30.7 Å². The van der Waals surface area contributed by atoms with Crippen LogP contribution in [0.1, 0.15) is 19.0 Å². The zero-order valence-corrected chi connectivity index (χ0v) is 11.5. The largest absolute Gasteiger partial charge is 0.368 e. The zero-order valence-electron chi connectivity index (χ0n) is 11.5. The maximum Gasteiger partial charge on any atom is 0.166 e. The Labute approximate surface area is 118 Å². The fourth-order valence-corrected chi connectivity index (χ4v) is 2.99. The average molecular weight is 267 g/mol. The van der Waals surface area contributed by atoms with Crippen molar-refractivity contribution in [2.75, 3.05) is 18.0 Å². The van der Waals surface area contributed by atoms with Crippen LogP contribution in [0.3, 0.4) is 0 Å². The second kappa shape index (κ2) is 5.06. The first-order valence-corrected chi connectivity index (χ1v) is 6.83. The van der Waals surface area contributed by atoms with Crippen molar-refractivity contribution >= 4 is 16.6 Å². The lowest BCUT2D eigenvalue weighted by molar-refractivity contribution is 0.402. The number of anilines is 1. The molecule has 3 heterocycles. The zero-order chi connectivity index (χ0) is 14.1. The third kappa shape index (κ3) is 2.19. The Morgan fingerprint density at radius 2 is 2.25 bits per heavy atom. The highest BCUT2D eigenvalue weighted by atomic mass is 15.2. The number of piperidine rings is 1. The molecule has 5 nitrogen and oxygen atoms in total. The van der Waals surface area contributed by atoms with E-state index in [0.717, 1.165) is 30.6 Å². The topological polar surface area (TPSA) is 78.8 Å². The highest BCUT2D eigenvalue weighted by Gasteiger charge is 2.24. The predicted octanol–water partition coefficient (Wildman–Crippen LogP) is 1.67. The van der Waals surface area contributed by atoms with E-state index >= 15 is 0 Å². The Bertz CT molecular complexity index is 666. The maximum atomic E-state index is 9.13. The molecule has 5 heteroatoms. The second-order valence-electron chi connectivity index (χ2n) is 5.51. The number of nitrogens with two attached hydrogens (primary N) is 1. The second-order valence-corrected chi connectivity index (χ2v) is 5.51. The van der Waals surface area contributed by atoms with Crippen LogP contribution in [0.5, 0.6) is 0 Å². The number of fused-ring (bicyclic) bond motifs is 1.